The number of ether oxygens (including phenoxy) is 1. The molecule has 0 saturated heterocycles. The molecule has 0 spiro atoms. The van der Waals surface area contributed by atoms with Gasteiger partial charge in [-0.15, -0.1) is 24.0 Å². The number of hydrogen-bond donors (Lipinski definition) is 2. The van der Waals surface area contributed by atoms with E-state index in [0.717, 1.165) is 62.8 Å². The Kier molecular flexibility index (Phi) is 13.1. The van der Waals surface area contributed by atoms with Crippen LogP contribution in [0.15, 0.2) is 29.3 Å². The van der Waals surface area contributed by atoms with Crippen LogP contribution < -0.4 is 10.6 Å². The van der Waals surface area contributed by atoms with Crippen molar-refractivity contribution in [2.45, 2.75) is 52.4 Å². The van der Waals surface area contributed by atoms with Crippen LogP contribution in [0.25, 0.3) is 0 Å². The Labute approximate surface area is 205 Å². The van der Waals surface area contributed by atoms with Gasteiger partial charge in [-0.2, -0.15) is 0 Å². The molecule has 1 fully saturated rings. The van der Waals surface area contributed by atoms with E-state index in [1.54, 1.807) is 19.0 Å². The highest BCUT2D eigenvalue weighted by Gasteiger charge is 2.33. The van der Waals surface area contributed by atoms with E-state index in [0.29, 0.717) is 5.41 Å². The molecular weight excluding hydrogens is 503 g/mol. The number of amides is 1. The summed E-state index contributed by atoms with van der Waals surface area (Å²) >= 11 is 0. The van der Waals surface area contributed by atoms with Gasteiger partial charge >= 0.3 is 0 Å². The van der Waals surface area contributed by atoms with Crippen molar-refractivity contribution in [2.24, 2.45) is 10.4 Å². The van der Waals surface area contributed by atoms with Crippen molar-refractivity contribution >= 4 is 35.8 Å². The summed E-state index contributed by atoms with van der Waals surface area (Å²) in [6.45, 7) is 8.22. The molecule has 6 nitrogen and oxygen atoms in total. The number of nitrogens with zero attached hydrogens (tertiary/aromatic N) is 2. The molecule has 0 aliphatic heterocycles. The average molecular weight is 545 g/mol. The van der Waals surface area contributed by atoms with Gasteiger partial charge in [0.05, 0.1) is 0 Å². The Morgan fingerprint density at radius 1 is 1.19 bits per heavy atom. The second kappa shape index (κ2) is 14.7. The fourth-order valence-corrected chi connectivity index (χ4v) is 4.08. The van der Waals surface area contributed by atoms with Crippen molar-refractivity contribution in [3.63, 3.8) is 0 Å². The molecule has 31 heavy (non-hydrogen) atoms. The van der Waals surface area contributed by atoms with E-state index in [1.807, 2.05) is 18.2 Å². The smallest absolute Gasteiger partial charge is 0.253 e. The van der Waals surface area contributed by atoms with Crippen LogP contribution in [0, 0.1) is 5.41 Å². The molecule has 1 aliphatic rings. The van der Waals surface area contributed by atoms with Gasteiger partial charge in [0, 0.05) is 52.5 Å². The summed E-state index contributed by atoms with van der Waals surface area (Å²) in [4.78, 5) is 18.7. The van der Waals surface area contributed by atoms with Crippen LogP contribution >= 0.6 is 24.0 Å². The van der Waals surface area contributed by atoms with Crippen molar-refractivity contribution in [1.82, 2.24) is 15.5 Å². The van der Waals surface area contributed by atoms with Crippen molar-refractivity contribution in [1.29, 1.82) is 0 Å². The number of aliphatic imine (C=N–C) groups is 1. The number of halogens is 1. The summed E-state index contributed by atoms with van der Waals surface area (Å²) in [5, 5.41) is 6.83. The number of rotatable bonds is 11. The van der Waals surface area contributed by atoms with Gasteiger partial charge in [0.1, 0.15) is 0 Å². The van der Waals surface area contributed by atoms with Crippen LogP contribution in [0.2, 0.25) is 0 Å². The number of hydrogen-bond acceptors (Lipinski definition) is 3. The molecule has 0 unspecified atom stereocenters. The van der Waals surface area contributed by atoms with Gasteiger partial charge in [-0.1, -0.05) is 25.0 Å². The number of nitrogens with one attached hydrogen (secondary N) is 2. The van der Waals surface area contributed by atoms with E-state index in [-0.39, 0.29) is 29.9 Å². The molecule has 1 amide bonds. The van der Waals surface area contributed by atoms with Crippen LogP contribution in [0.3, 0.4) is 0 Å². The maximum atomic E-state index is 12.2. The predicted molar refractivity (Wildman–Crippen MR) is 140 cm³/mol. The van der Waals surface area contributed by atoms with Gasteiger partial charge in [-0.05, 0) is 62.6 Å². The molecule has 1 saturated carbocycles. The minimum atomic E-state index is 0. The monoisotopic (exact) mass is 544 g/mol. The second-order valence-electron chi connectivity index (χ2n) is 8.43. The van der Waals surface area contributed by atoms with Gasteiger partial charge in [-0.25, -0.2) is 0 Å². The van der Waals surface area contributed by atoms with E-state index in [4.69, 9.17) is 9.73 Å². The molecule has 0 aromatic heterocycles. The highest BCUT2D eigenvalue weighted by Crippen LogP contribution is 2.41. The largest absolute Gasteiger partial charge is 0.382 e. The summed E-state index contributed by atoms with van der Waals surface area (Å²) in [5.74, 6) is 0.911. The highest BCUT2D eigenvalue weighted by molar-refractivity contribution is 14.0. The van der Waals surface area contributed by atoms with Gasteiger partial charge in [-0.3, -0.25) is 9.79 Å². The lowest BCUT2D eigenvalue weighted by molar-refractivity contribution is 0.0827. The van der Waals surface area contributed by atoms with Crippen molar-refractivity contribution in [3.05, 3.63) is 35.4 Å². The maximum Gasteiger partial charge on any atom is 0.253 e. The Morgan fingerprint density at radius 3 is 2.58 bits per heavy atom. The maximum absolute atomic E-state index is 12.2. The third kappa shape index (κ3) is 9.35. The second-order valence-corrected chi connectivity index (χ2v) is 8.43. The van der Waals surface area contributed by atoms with Crippen LogP contribution in [0.5, 0.6) is 0 Å². The third-order valence-electron chi connectivity index (χ3n) is 5.85. The van der Waals surface area contributed by atoms with Crippen LogP contribution in [0.1, 0.15) is 61.9 Å². The van der Waals surface area contributed by atoms with Crippen LogP contribution in [0.4, 0.5) is 0 Å². The van der Waals surface area contributed by atoms with Gasteiger partial charge < -0.3 is 20.3 Å². The zero-order valence-corrected chi connectivity index (χ0v) is 22.0. The highest BCUT2D eigenvalue weighted by atomic mass is 127. The van der Waals surface area contributed by atoms with Crippen LogP contribution in [-0.4, -0.2) is 63.7 Å². The van der Waals surface area contributed by atoms with Gasteiger partial charge in [0.25, 0.3) is 5.91 Å². The minimum absolute atomic E-state index is 0. The molecule has 1 aromatic rings. The minimum Gasteiger partial charge on any atom is -0.382 e. The molecule has 1 aliphatic carbocycles. The van der Waals surface area contributed by atoms with Crippen molar-refractivity contribution < 1.29 is 9.53 Å². The van der Waals surface area contributed by atoms with Crippen LogP contribution in [-0.2, 0) is 11.2 Å². The number of carbonyl (C=O) groups excluding carboxylic acids is 1. The van der Waals surface area contributed by atoms with E-state index >= 15 is 0 Å². The fourth-order valence-electron chi connectivity index (χ4n) is 4.08. The first-order chi connectivity index (χ1) is 14.5. The SMILES string of the molecule is CCNC(=NCC1(CCOCC)CCCC1)NCCc1cccc(C(=O)N(C)C)c1.I. The topological polar surface area (TPSA) is 66.0 Å². The number of carbonyl (C=O) groups is 1. The lowest BCUT2D eigenvalue weighted by Gasteiger charge is -2.27. The normalized spacial score (nSPS) is 15.3. The molecule has 2 rings (SSSR count). The summed E-state index contributed by atoms with van der Waals surface area (Å²) in [6.07, 6.45) is 7.03. The first-order valence-electron chi connectivity index (χ1n) is 11.4. The van der Waals surface area contributed by atoms with Gasteiger partial charge in [0.15, 0.2) is 5.96 Å². The van der Waals surface area contributed by atoms with Crippen molar-refractivity contribution in [2.75, 3.05) is 46.9 Å². The summed E-state index contributed by atoms with van der Waals surface area (Å²) < 4.78 is 5.62. The molecule has 0 heterocycles. The molecule has 0 radical (unpaired) electrons. The van der Waals surface area contributed by atoms with Crippen molar-refractivity contribution in [3.8, 4) is 0 Å². The fraction of sp³-hybridized carbons (Fsp3) is 0.667. The molecule has 0 atom stereocenters. The predicted octanol–water partition coefficient (Wildman–Crippen LogP) is 4.09. The molecule has 7 heteroatoms. The Hall–Kier alpha value is -1.35. The lowest BCUT2D eigenvalue weighted by Crippen LogP contribution is -2.39. The summed E-state index contributed by atoms with van der Waals surface area (Å²) in [5.41, 5.74) is 2.17. The van der Waals surface area contributed by atoms with Gasteiger partial charge in [0.2, 0.25) is 0 Å². The van der Waals surface area contributed by atoms with E-state index < -0.39 is 0 Å². The summed E-state index contributed by atoms with van der Waals surface area (Å²) in [6, 6.07) is 7.87. The van der Waals surface area contributed by atoms with E-state index in [2.05, 4.69) is 30.5 Å². The average Bonchev–Trinajstić information content (AvgIpc) is 3.21. The first kappa shape index (κ1) is 27.7. The van der Waals surface area contributed by atoms with E-state index in [1.165, 1.54) is 25.7 Å². The van der Waals surface area contributed by atoms with E-state index in [9.17, 15) is 4.79 Å². The zero-order chi connectivity index (χ0) is 21.8. The number of guanidine groups is 1. The lowest BCUT2D eigenvalue weighted by atomic mass is 9.83. The Bertz CT molecular complexity index is 688. The Balaban J connectivity index is 0.00000480. The zero-order valence-electron chi connectivity index (χ0n) is 19.7. The molecule has 1 aromatic carbocycles. The molecule has 2 N–H and O–H groups in total. The number of benzene rings is 1. The molecule has 0 bridgehead atoms. The third-order valence-corrected chi connectivity index (χ3v) is 5.85. The quantitative estimate of drug-likeness (QED) is 0.191. The summed E-state index contributed by atoms with van der Waals surface area (Å²) in [7, 11) is 3.56. The Morgan fingerprint density at radius 2 is 1.94 bits per heavy atom. The molecular formula is C24H41IN4O2. The standard InChI is InChI=1S/C24H40N4O2.HI/c1-5-25-23(27-19-24(13-7-8-14-24)15-17-30-6-2)26-16-12-20-10-9-11-21(18-20)22(29)28(3)4;/h9-11,18H,5-8,12-17,19H2,1-4H3,(H2,25,26,27);1H. The first-order valence-corrected chi connectivity index (χ1v) is 11.4. The molecule has 176 valence electrons.